The number of anilines is 1. The van der Waals surface area contributed by atoms with Crippen molar-refractivity contribution in [2.24, 2.45) is 5.10 Å². The number of hydrogen-bond donors (Lipinski definition) is 0. The lowest BCUT2D eigenvalue weighted by molar-refractivity contribution is 0.405. The van der Waals surface area contributed by atoms with Crippen molar-refractivity contribution in [2.75, 3.05) is 12.1 Å². The van der Waals surface area contributed by atoms with Gasteiger partial charge in [0, 0.05) is 17.0 Å². The van der Waals surface area contributed by atoms with E-state index in [1.165, 1.54) is 0 Å². The first-order valence-electron chi connectivity index (χ1n) is 8.77. The molecule has 4 rings (SSSR count). The number of halogens is 3. The Bertz CT molecular complexity index is 1030. The van der Waals surface area contributed by atoms with Gasteiger partial charge in [0.2, 0.25) is 0 Å². The number of hydrogen-bond acceptors (Lipinski definition) is 3. The number of rotatable bonds is 4. The molecule has 0 saturated heterocycles. The Morgan fingerprint density at radius 2 is 1.68 bits per heavy atom. The van der Waals surface area contributed by atoms with Crippen LogP contribution >= 0.6 is 34.8 Å². The second kappa shape index (κ2) is 8.04. The molecule has 0 bridgehead atoms. The van der Waals surface area contributed by atoms with Crippen molar-refractivity contribution in [3.05, 3.63) is 92.9 Å². The molecule has 0 aliphatic carbocycles. The van der Waals surface area contributed by atoms with Gasteiger partial charge in [-0.2, -0.15) is 5.10 Å². The first kappa shape index (κ1) is 19.1. The summed E-state index contributed by atoms with van der Waals surface area (Å²) in [7, 11) is 1.68. The van der Waals surface area contributed by atoms with E-state index in [9.17, 15) is 0 Å². The van der Waals surface area contributed by atoms with Crippen LogP contribution in [-0.4, -0.2) is 12.8 Å². The predicted octanol–water partition coefficient (Wildman–Crippen LogP) is 7.01. The van der Waals surface area contributed by atoms with E-state index in [-0.39, 0.29) is 6.04 Å². The van der Waals surface area contributed by atoms with Crippen LogP contribution in [0.2, 0.25) is 15.1 Å². The minimum Gasteiger partial charge on any atom is -0.496 e. The number of benzene rings is 3. The van der Waals surface area contributed by atoms with E-state index in [0.717, 1.165) is 34.7 Å². The van der Waals surface area contributed by atoms with Crippen molar-refractivity contribution in [1.82, 2.24) is 0 Å². The average molecular weight is 432 g/mol. The molecule has 1 atom stereocenters. The number of hydrazone groups is 1. The monoisotopic (exact) mass is 430 g/mol. The van der Waals surface area contributed by atoms with Crippen LogP contribution in [-0.2, 0) is 0 Å². The summed E-state index contributed by atoms with van der Waals surface area (Å²) in [5.74, 6) is 0.824. The van der Waals surface area contributed by atoms with E-state index in [2.05, 4.69) is 6.07 Å². The Kier molecular flexibility index (Phi) is 5.49. The Hall–Kier alpha value is -2.20. The van der Waals surface area contributed by atoms with Gasteiger partial charge in [-0.25, -0.2) is 0 Å². The zero-order valence-corrected chi connectivity index (χ0v) is 17.3. The van der Waals surface area contributed by atoms with Gasteiger partial charge in [-0.05, 0) is 42.0 Å². The highest BCUT2D eigenvalue weighted by molar-refractivity contribution is 6.42. The summed E-state index contributed by atoms with van der Waals surface area (Å²) in [5, 5.41) is 8.59. The van der Waals surface area contributed by atoms with E-state index < -0.39 is 0 Å². The van der Waals surface area contributed by atoms with Gasteiger partial charge in [0.15, 0.2) is 0 Å². The molecule has 0 spiro atoms. The minimum absolute atomic E-state index is 0.0286. The van der Waals surface area contributed by atoms with E-state index in [1.54, 1.807) is 13.2 Å². The third-order valence-electron chi connectivity index (χ3n) is 4.75. The second-order valence-corrected chi connectivity index (χ2v) is 7.71. The van der Waals surface area contributed by atoms with Gasteiger partial charge in [-0.3, -0.25) is 5.01 Å². The van der Waals surface area contributed by atoms with Crippen molar-refractivity contribution in [2.45, 2.75) is 12.5 Å². The van der Waals surface area contributed by atoms with Crippen LogP contribution < -0.4 is 9.75 Å². The van der Waals surface area contributed by atoms with Crippen LogP contribution in [0.3, 0.4) is 0 Å². The SMILES string of the molecule is COc1ccccc1C1CC(c2ccc(Cl)cc2)=NN1c1ccc(Cl)c(Cl)c1. The van der Waals surface area contributed by atoms with Gasteiger partial charge in [0.1, 0.15) is 5.75 Å². The van der Waals surface area contributed by atoms with Crippen LogP contribution in [0.5, 0.6) is 5.75 Å². The summed E-state index contributed by atoms with van der Waals surface area (Å²) in [4.78, 5) is 0. The Morgan fingerprint density at radius 3 is 2.39 bits per heavy atom. The van der Waals surface area contributed by atoms with Crippen LogP contribution in [0, 0.1) is 0 Å². The van der Waals surface area contributed by atoms with Gasteiger partial charge >= 0.3 is 0 Å². The summed E-state index contributed by atoms with van der Waals surface area (Å²) in [6, 6.07) is 21.2. The number of nitrogens with zero attached hydrogens (tertiary/aromatic N) is 2. The molecule has 1 unspecified atom stereocenters. The zero-order chi connectivity index (χ0) is 19.7. The maximum absolute atomic E-state index is 6.27. The van der Waals surface area contributed by atoms with Crippen molar-refractivity contribution in [3.8, 4) is 5.75 Å². The smallest absolute Gasteiger partial charge is 0.124 e. The van der Waals surface area contributed by atoms with Crippen LogP contribution in [0.25, 0.3) is 0 Å². The fraction of sp³-hybridized carbons (Fsp3) is 0.136. The van der Waals surface area contributed by atoms with Gasteiger partial charge in [0.25, 0.3) is 0 Å². The number of methoxy groups -OCH3 is 1. The van der Waals surface area contributed by atoms with E-state index in [4.69, 9.17) is 44.6 Å². The van der Waals surface area contributed by atoms with Gasteiger partial charge in [0.05, 0.1) is 34.6 Å². The Morgan fingerprint density at radius 1 is 0.929 bits per heavy atom. The average Bonchev–Trinajstić information content (AvgIpc) is 3.15. The molecule has 0 aromatic heterocycles. The molecule has 142 valence electrons. The molecular weight excluding hydrogens is 415 g/mol. The topological polar surface area (TPSA) is 24.8 Å². The fourth-order valence-electron chi connectivity index (χ4n) is 3.38. The summed E-state index contributed by atoms with van der Waals surface area (Å²) < 4.78 is 5.60. The predicted molar refractivity (Wildman–Crippen MR) is 117 cm³/mol. The van der Waals surface area contributed by atoms with Gasteiger partial charge < -0.3 is 4.74 Å². The first-order valence-corrected chi connectivity index (χ1v) is 9.91. The molecule has 0 N–H and O–H groups in total. The number of para-hydroxylation sites is 1. The summed E-state index contributed by atoms with van der Waals surface area (Å²) in [6.45, 7) is 0. The van der Waals surface area contributed by atoms with Crippen molar-refractivity contribution in [3.63, 3.8) is 0 Å². The lowest BCUT2D eigenvalue weighted by atomic mass is 9.97. The minimum atomic E-state index is -0.0286. The third kappa shape index (κ3) is 3.70. The van der Waals surface area contributed by atoms with Crippen LogP contribution in [0.1, 0.15) is 23.6 Å². The molecule has 3 nitrogen and oxygen atoms in total. The van der Waals surface area contributed by atoms with Crippen LogP contribution in [0.4, 0.5) is 5.69 Å². The first-order chi connectivity index (χ1) is 13.6. The highest BCUT2D eigenvalue weighted by Gasteiger charge is 2.32. The molecule has 0 amide bonds. The zero-order valence-electron chi connectivity index (χ0n) is 15.1. The number of ether oxygens (including phenoxy) is 1. The maximum Gasteiger partial charge on any atom is 0.124 e. The van der Waals surface area contributed by atoms with Crippen LogP contribution in [0.15, 0.2) is 71.8 Å². The molecule has 28 heavy (non-hydrogen) atoms. The normalized spacial score (nSPS) is 16.2. The van der Waals surface area contributed by atoms with Gasteiger partial charge in [-0.15, -0.1) is 0 Å². The van der Waals surface area contributed by atoms with E-state index in [1.807, 2.05) is 59.6 Å². The molecule has 0 fully saturated rings. The van der Waals surface area contributed by atoms with Gasteiger partial charge in [-0.1, -0.05) is 65.1 Å². The second-order valence-electron chi connectivity index (χ2n) is 6.46. The van der Waals surface area contributed by atoms with Crippen molar-refractivity contribution < 1.29 is 4.74 Å². The standard InChI is InChI=1S/C22H17Cl3N2O/c1-28-22-5-3-2-4-17(22)21-13-20(14-6-8-15(23)9-7-14)26-27(21)16-10-11-18(24)19(25)12-16/h2-12,21H,13H2,1H3. The van der Waals surface area contributed by atoms with Crippen molar-refractivity contribution >= 4 is 46.2 Å². The highest BCUT2D eigenvalue weighted by Crippen LogP contribution is 2.41. The molecule has 1 aliphatic heterocycles. The largest absolute Gasteiger partial charge is 0.496 e. The van der Waals surface area contributed by atoms with E-state index in [0.29, 0.717) is 15.1 Å². The molecule has 0 saturated carbocycles. The lowest BCUT2D eigenvalue weighted by Gasteiger charge is -2.25. The summed E-state index contributed by atoms with van der Waals surface area (Å²) in [5.41, 5.74) is 3.93. The summed E-state index contributed by atoms with van der Waals surface area (Å²) in [6.07, 6.45) is 0.724. The van der Waals surface area contributed by atoms with E-state index >= 15 is 0 Å². The molecular formula is C22H17Cl3N2O. The molecule has 0 radical (unpaired) electrons. The molecule has 6 heteroatoms. The molecule has 1 aliphatic rings. The molecule has 1 heterocycles. The quantitative estimate of drug-likeness (QED) is 0.444. The highest BCUT2D eigenvalue weighted by atomic mass is 35.5. The lowest BCUT2D eigenvalue weighted by Crippen LogP contribution is -2.19. The van der Waals surface area contributed by atoms with Crippen molar-refractivity contribution in [1.29, 1.82) is 0 Å². The molecule has 3 aromatic carbocycles. The Balaban J connectivity index is 1.80. The maximum atomic E-state index is 6.27. The summed E-state index contributed by atoms with van der Waals surface area (Å²) >= 11 is 18.4. The Labute approximate surface area is 179 Å². The third-order valence-corrected chi connectivity index (χ3v) is 5.74. The fourth-order valence-corrected chi connectivity index (χ4v) is 3.79. The molecule has 3 aromatic rings.